The molecule has 1 atom stereocenters. The number of hydrogen-bond donors (Lipinski definition) is 0. The number of ether oxygens (including phenoxy) is 3. The first-order chi connectivity index (χ1) is 12.2. The van der Waals surface area contributed by atoms with Crippen molar-refractivity contribution in [1.82, 2.24) is 4.90 Å². The Morgan fingerprint density at radius 1 is 0.889 bits per heavy atom. The van der Waals surface area contributed by atoms with E-state index in [-0.39, 0.29) is 6.61 Å². The monoisotopic (exact) mass is 379 g/mol. The lowest BCUT2D eigenvalue weighted by molar-refractivity contribution is -0.172. The van der Waals surface area contributed by atoms with Gasteiger partial charge in [0.1, 0.15) is 11.2 Å². The molecular formula is C21H33NO5. The number of nitrogens with zero attached hydrogens (tertiary/aromatic N) is 1. The van der Waals surface area contributed by atoms with E-state index in [9.17, 15) is 9.59 Å². The van der Waals surface area contributed by atoms with Crippen molar-refractivity contribution in [2.45, 2.75) is 71.8 Å². The number of carbonyl (C=O) groups is 2. The summed E-state index contributed by atoms with van der Waals surface area (Å²) in [7, 11) is 1.52. The topological polar surface area (TPSA) is 65.1 Å². The highest BCUT2D eigenvalue weighted by Gasteiger charge is 2.45. The van der Waals surface area contributed by atoms with Crippen LogP contribution < -0.4 is 0 Å². The molecule has 1 aromatic carbocycles. The minimum Gasteiger partial charge on any atom is -0.458 e. The van der Waals surface area contributed by atoms with E-state index in [0.717, 1.165) is 5.56 Å². The summed E-state index contributed by atoms with van der Waals surface area (Å²) in [6.07, 6.45) is -0.612. The molecule has 0 spiro atoms. The van der Waals surface area contributed by atoms with Crippen molar-refractivity contribution in [1.29, 1.82) is 0 Å². The predicted molar refractivity (Wildman–Crippen MR) is 104 cm³/mol. The number of esters is 1. The molecule has 0 aromatic heterocycles. The molecule has 0 bridgehead atoms. The summed E-state index contributed by atoms with van der Waals surface area (Å²) in [5.41, 5.74) is -1.72. The van der Waals surface area contributed by atoms with Crippen LogP contribution in [0.25, 0.3) is 0 Å². The fourth-order valence-corrected chi connectivity index (χ4v) is 2.15. The molecule has 1 aromatic rings. The van der Waals surface area contributed by atoms with Gasteiger partial charge in [0.05, 0.1) is 13.2 Å². The number of amides is 1. The second-order valence-electron chi connectivity index (χ2n) is 8.79. The molecule has 0 aliphatic rings. The van der Waals surface area contributed by atoms with Gasteiger partial charge in [0.15, 0.2) is 5.54 Å². The normalized spacial score (nSPS) is 14.2. The van der Waals surface area contributed by atoms with Crippen LogP contribution in [-0.2, 0) is 25.6 Å². The number of hydrogen-bond acceptors (Lipinski definition) is 5. The molecule has 0 heterocycles. The largest absolute Gasteiger partial charge is 0.458 e. The standard InChI is InChI=1S/C21H33NO5/c1-19(2,3)26-17(23)21(7,22(8)18(24)27-20(4,5)6)15-25-14-16-12-10-9-11-13-16/h9-13H,14-15H2,1-8H3. The summed E-state index contributed by atoms with van der Waals surface area (Å²) in [4.78, 5) is 26.7. The van der Waals surface area contributed by atoms with Crippen molar-refractivity contribution in [3.63, 3.8) is 0 Å². The van der Waals surface area contributed by atoms with E-state index >= 15 is 0 Å². The minimum absolute atomic E-state index is 0.0213. The lowest BCUT2D eigenvalue weighted by Gasteiger charge is -2.38. The second kappa shape index (κ2) is 8.74. The van der Waals surface area contributed by atoms with Gasteiger partial charge in [0.2, 0.25) is 0 Å². The Labute approximate surface area is 162 Å². The Kier molecular flexibility index (Phi) is 7.43. The van der Waals surface area contributed by atoms with Crippen LogP contribution in [0, 0.1) is 0 Å². The number of benzene rings is 1. The van der Waals surface area contributed by atoms with E-state index in [1.165, 1.54) is 11.9 Å². The Bertz CT molecular complexity index is 630. The Balaban J connectivity index is 2.96. The molecule has 0 saturated heterocycles. The number of rotatable bonds is 6. The Morgan fingerprint density at radius 3 is 1.89 bits per heavy atom. The summed E-state index contributed by atoms with van der Waals surface area (Å²) >= 11 is 0. The summed E-state index contributed by atoms with van der Waals surface area (Å²) < 4.78 is 16.7. The van der Waals surface area contributed by atoms with E-state index in [1.807, 2.05) is 30.3 Å². The van der Waals surface area contributed by atoms with Crippen molar-refractivity contribution in [3.8, 4) is 0 Å². The van der Waals surface area contributed by atoms with Gasteiger partial charge in [-0.15, -0.1) is 0 Å². The van der Waals surface area contributed by atoms with Gasteiger partial charge in [-0.2, -0.15) is 0 Å². The molecule has 152 valence electrons. The third kappa shape index (κ3) is 7.59. The molecule has 6 heteroatoms. The Hall–Kier alpha value is -2.08. The fourth-order valence-electron chi connectivity index (χ4n) is 2.15. The van der Waals surface area contributed by atoms with E-state index in [2.05, 4.69) is 0 Å². The van der Waals surface area contributed by atoms with Gasteiger partial charge in [0, 0.05) is 7.05 Å². The molecule has 1 unspecified atom stereocenters. The van der Waals surface area contributed by atoms with E-state index in [0.29, 0.717) is 6.61 Å². The van der Waals surface area contributed by atoms with Crippen LogP contribution in [0.2, 0.25) is 0 Å². The smallest absolute Gasteiger partial charge is 0.411 e. The highest BCUT2D eigenvalue weighted by atomic mass is 16.6. The molecule has 0 aliphatic heterocycles. The predicted octanol–water partition coefficient (Wildman–Crippen LogP) is 4.17. The van der Waals surface area contributed by atoms with Crippen LogP contribution >= 0.6 is 0 Å². The first kappa shape index (κ1) is 23.0. The van der Waals surface area contributed by atoms with E-state index in [1.54, 1.807) is 48.5 Å². The van der Waals surface area contributed by atoms with Crippen molar-refractivity contribution >= 4 is 12.1 Å². The van der Waals surface area contributed by atoms with Crippen LogP contribution in [0.4, 0.5) is 4.79 Å². The molecule has 27 heavy (non-hydrogen) atoms. The molecule has 0 saturated carbocycles. The fraction of sp³-hybridized carbons (Fsp3) is 0.619. The lowest BCUT2D eigenvalue weighted by Crippen LogP contribution is -2.58. The number of likely N-dealkylation sites (N-methyl/N-ethyl adjacent to an activating group) is 1. The quantitative estimate of drug-likeness (QED) is 0.694. The molecule has 0 aliphatic carbocycles. The Morgan fingerprint density at radius 2 is 1.41 bits per heavy atom. The van der Waals surface area contributed by atoms with Gasteiger partial charge in [-0.05, 0) is 54.0 Å². The van der Waals surface area contributed by atoms with Gasteiger partial charge >= 0.3 is 12.1 Å². The first-order valence-corrected chi connectivity index (χ1v) is 9.06. The van der Waals surface area contributed by atoms with Crippen molar-refractivity contribution in [2.24, 2.45) is 0 Å². The maximum Gasteiger partial charge on any atom is 0.411 e. The zero-order chi connectivity index (χ0) is 20.9. The summed E-state index contributed by atoms with van der Waals surface area (Å²) in [5.74, 6) is -0.545. The number of carbonyl (C=O) groups excluding carboxylic acids is 2. The second-order valence-corrected chi connectivity index (χ2v) is 8.79. The zero-order valence-corrected chi connectivity index (χ0v) is 17.8. The van der Waals surface area contributed by atoms with E-state index in [4.69, 9.17) is 14.2 Å². The molecule has 6 nitrogen and oxygen atoms in total. The van der Waals surface area contributed by atoms with Crippen LogP contribution in [0.3, 0.4) is 0 Å². The minimum atomic E-state index is -1.33. The molecule has 0 N–H and O–H groups in total. The zero-order valence-electron chi connectivity index (χ0n) is 17.8. The SMILES string of the molecule is CN(C(=O)OC(C)(C)C)C(C)(COCc1ccccc1)C(=O)OC(C)(C)C. The van der Waals surface area contributed by atoms with E-state index < -0.39 is 28.8 Å². The van der Waals surface area contributed by atoms with Crippen LogP contribution in [-0.4, -0.2) is 47.4 Å². The molecule has 1 rings (SSSR count). The summed E-state index contributed by atoms with van der Waals surface area (Å²) in [5, 5.41) is 0. The average molecular weight is 379 g/mol. The van der Waals surface area contributed by atoms with Crippen LogP contribution in [0.15, 0.2) is 30.3 Å². The summed E-state index contributed by atoms with van der Waals surface area (Å²) in [6, 6.07) is 9.62. The average Bonchev–Trinajstić information content (AvgIpc) is 2.51. The third-order valence-corrected chi connectivity index (χ3v) is 3.74. The molecular weight excluding hydrogens is 346 g/mol. The van der Waals surface area contributed by atoms with Crippen molar-refractivity contribution in [2.75, 3.05) is 13.7 Å². The van der Waals surface area contributed by atoms with Gasteiger partial charge < -0.3 is 14.2 Å². The molecule has 1 amide bonds. The molecule has 0 radical (unpaired) electrons. The van der Waals surface area contributed by atoms with Crippen LogP contribution in [0.1, 0.15) is 54.0 Å². The third-order valence-electron chi connectivity index (χ3n) is 3.74. The van der Waals surface area contributed by atoms with Gasteiger partial charge in [-0.3, -0.25) is 4.90 Å². The highest BCUT2D eigenvalue weighted by molar-refractivity contribution is 5.85. The highest BCUT2D eigenvalue weighted by Crippen LogP contribution is 2.23. The lowest BCUT2D eigenvalue weighted by atomic mass is 10.0. The maximum atomic E-state index is 12.9. The summed E-state index contributed by atoms with van der Waals surface area (Å²) in [6.45, 7) is 12.6. The van der Waals surface area contributed by atoms with Crippen molar-refractivity contribution < 1.29 is 23.8 Å². The van der Waals surface area contributed by atoms with Gasteiger partial charge in [-0.25, -0.2) is 9.59 Å². The first-order valence-electron chi connectivity index (χ1n) is 9.06. The van der Waals surface area contributed by atoms with Crippen LogP contribution in [0.5, 0.6) is 0 Å². The molecule has 0 fully saturated rings. The van der Waals surface area contributed by atoms with Crippen molar-refractivity contribution in [3.05, 3.63) is 35.9 Å². The van der Waals surface area contributed by atoms with Gasteiger partial charge in [-0.1, -0.05) is 30.3 Å². The van der Waals surface area contributed by atoms with Gasteiger partial charge in [0.25, 0.3) is 0 Å². The maximum absolute atomic E-state index is 12.9.